The van der Waals surface area contributed by atoms with E-state index in [1.807, 2.05) is 55.5 Å². The molecule has 0 radical (unpaired) electrons. The second-order valence-corrected chi connectivity index (χ2v) is 7.41. The van der Waals surface area contributed by atoms with Crippen molar-refractivity contribution in [2.75, 3.05) is 18.4 Å². The summed E-state index contributed by atoms with van der Waals surface area (Å²) in [4.78, 5) is 15.2. The van der Waals surface area contributed by atoms with Gasteiger partial charge in [-0.2, -0.15) is 5.10 Å². The van der Waals surface area contributed by atoms with Crippen molar-refractivity contribution in [1.29, 1.82) is 0 Å². The van der Waals surface area contributed by atoms with E-state index in [0.29, 0.717) is 5.69 Å². The molecule has 0 spiro atoms. The van der Waals surface area contributed by atoms with Crippen LogP contribution in [0.1, 0.15) is 41.0 Å². The molecule has 0 saturated carbocycles. The van der Waals surface area contributed by atoms with Gasteiger partial charge in [-0.25, -0.2) is 4.68 Å². The third kappa shape index (κ3) is 4.31. The fourth-order valence-electron chi connectivity index (χ4n) is 3.73. The fourth-order valence-corrected chi connectivity index (χ4v) is 3.73. The van der Waals surface area contributed by atoms with Gasteiger partial charge in [0.15, 0.2) is 5.69 Å². The first-order valence-corrected chi connectivity index (χ1v) is 9.94. The molecule has 144 valence electrons. The molecule has 2 aromatic carbocycles. The second-order valence-electron chi connectivity index (χ2n) is 7.41. The van der Waals surface area contributed by atoms with Crippen LogP contribution in [0.5, 0.6) is 0 Å². The average Bonchev–Trinajstić information content (AvgIpc) is 3.12. The Balaban J connectivity index is 1.46. The Labute approximate surface area is 166 Å². The number of benzene rings is 2. The van der Waals surface area contributed by atoms with Crippen LogP contribution in [-0.4, -0.2) is 33.7 Å². The molecular weight excluding hydrogens is 348 g/mol. The standard InChI is InChI=1S/C23H26N4O/c1-18-15-22(25-27(18)21-11-4-2-5-12-21)23(28)24-20-10-8-9-19(16-20)17-26-13-6-3-7-14-26/h2,4-5,8-12,15-16H,3,6-7,13-14,17H2,1H3,(H,24,28). The number of hydrogen-bond donors (Lipinski definition) is 1. The normalized spacial score (nSPS) is 14.8. The Morgan fingerprint density at radius 2 is 1.79 bits per heavy atom. The van der Waals surface area contributed by atoms with Crippen molar-refractivity contribution < 1.29 is 4.79 Å². The lowest BCUT2D eigenvalue weighted by atomic mass is 10.1. The van der Waals surface area contributed by atoms with Crippen LogP contribution in [0.4, 0.5) is 5.69 Å². The molecule has 0 aliphatic carbocycles. The highest BCUT2D eigenvalue weighted by molar-refractivity contribution is 6.03. The molecule has 4 rings (SSSR count). The van der Waals surface area contributed by atoms with Crippen LogP contribution in [-0.2, 0) is 6.54 Å². The lowest BCUT2D eigenvalue weighted by Crippen LogP contribution is -2.29. The minimum atomic E-state index is -0.187. The molecule has 1 saturated heterocycles. The number of likely N-dealkylation sites (tertiary alicyclic amines) is 1. The van der Waals surface area contributed by atoms with Gasteiger partial charge in [0, 0.05) is 17.9 Å². The van der Waals surface area contributed by atoms with Gasteiger partial charge in [0.05, 0.1) is 5.69 Å². The number of anilines is 1. The summed E-state index contributed by atoms with van der Waals surface area (Å²) < 4.78 is 1.79. The van der Waals surface area contributed by atoms with Crippen LogP contribution in [0, 0.1) is 6.92 Å². The van der Waals surface area contributed by atoms with Crippen molar-refractivity contribution >= 4 is 11.6 Å². The maximum absolute atomic E-state index is 12.7. The quantitative estimate of drug-likeness (QED) is 0.719. The maximum Gasteiger partial charge on any atom is 0.276 e. The van der Waals surface area contributed by atoms with Crippen LogP contribution in [0.3, 0.4) is 0 Å². The number of amides is 1. The Kier molecular flexibility index (Phi) is 5.53. The van der Waals surface area contributed by atoms with E-state index >= 15 is 0 Å². The molecule has 0 atom stereocenters. The highest BCUT2D eigenvalue weighted by Gasteiger charge is 2.14. The summed E-state index contributed by atoms with van der Waals surface area (Å²) in [5, 5.41) is 7.48. The molecule has 0 unspecified atom stereocenters. The molecule has 1 amide bonds. The number of nitrogens with zero attached hydrogens (tertiary/aromatic N) is 3. The van der Waals surface area contributed by atoms with Gasteiger partial charge in [-0.15, -0.1) is 0 Å². The molecule has 1 fully saturated rings. The van der Waals surface area contributed by atoms with E-state index in [2.05, 4.69) is 27.4 Å². The molecule has 1 N–H and O–H groups in total. The van der Waals surface area contributed by atoms with Gasteiger partial charge in [0.1, 0.15) is 0 Å². The van der Waals surface area contributed by atoms with Crippen LogP contribution >= 0.6 is 0 Å². The monoisotopic (exact) mass is 374 g/mol. The predicted molar refractivity (Wildman–Crippen MR) is 112 cm³/mol. The molecule has 1 aromatic heterocycles. The van der Waals surface area contributed by atoms with E-state index in [1.165, 1.54) is 24.8 Å². The van der Waals surface area contributed by atoms with Crippen LogP contribution in [0.25, 0.3) is 5.69 Å². The largest absolute Gasteiger partial charge is 0.321 e. The Bertz CT molecular complexity index is 942. The second kappa shape index (κ2) is 8.40. The molecule has 1 aliphatic rings. The lowest BCUT2D eigenvalue weighted by Gasteiger charge is -2.26. The predicted octanol–water partition coefficient (Wildman–Crippen LogP) is 4.42. The van der Waals surface area contributed by atoms with Crippen molar-refractivity contribution in [2.24, 2.45) is 0 Å². The first kappa shape index (κ1) is 18.4. The maximum atomic E-state index is 12.7. The van der Waals surface area contributed by atoms with Crippen LogP contribution in [0.15, 0.2) is 60.7 Å². The van der Waals surface area contributed by atoms with E-state index in [0.717, 1.165) is 36.7 Å². The summed E-state index contributed by atoms with van der Waals surface area (Å²) in [6, 6.07) is 19.8. The summed E-state index contributed by atoms with van der Waals surface area (Å²) in [6.07, 6.45) is 3.89. The van der Waals surface area contributed by atoms with Crippen molar-refractivity contribution in [3.05, 3.63) is 77.6 Å². The van der Waals surface area contributed by atoms with Crippen LogP contribution < -0.4 is 5.32 Å². The number of rotatable bonds is 5. The fraction of sp³-hybridized carbons (Fsp3) is 0.304. The smallest absolute Gasteiger partial charge is 0.276 e. The first-order valence-electron chi connectivity index (χ1n) is 9.94. The third-order valence-electron chi connectivity index (χ3n) is 5.16. The van der Waals surface area contributed by atoms with E-state index in [4.69, 9.17) is 0 Å². The minimum Gasteiger partial charge on any atom is -0.321 e. The highest BCUT2D eigenvalue weighted by atomic mass is 16.1. The zero-order valence-electron chi connectivity index (χ0n) is 16.3. The van der Waals surface area contributed by atoms with Crippen molar-refractivity contribution in [1.82, 2.24) is 14.7 Å². The van der Waals surface area contributed by atoms with Gasteiger partial charge in [0.25, 0.3) is 5.91 Å². The number of nitrogens with one attached hydrogen (secondary N) is 1. The van der Waals surface area contributed by atoms with Gasteiger partial charge < -0.3 is 5.32 Å². The summed E-state index contributed by atoms with van der Waals surface area (Å²) in [5.41, 5.74) is 4.33. The summed E-state index contributed by atoms with van der Waals surface area (Å²) in [7, 11) is 0. The number of aromatic nitrogens is 2. The number of piperidine rings is 1. The van der Waals surface area contributed by atoms with Crippen LogP contribution in [0.2, 0.25) is 0 Å². The van der Waals surface area contributed by atoms with E-state index in [1.54, 1.807) is 4.68 Å². The zero-order valence-corrected chi connectivity index (χ0v) is 16.3. The number of carbonyl (C=O) groups excluding carboxylic acids is 1. The number of hydrogen-bond acceptors (Lipinski definition) is 3. The molecule has 28 heavy (non-hydrogen) atoms. The molecule has 0 bridgehead atoms. The minimum absolute atomic E-state index is 0.187. The molecule has 1 aliphatic heterocycles. The van der Waals surface area contributed by atoms with Gasteiger partial charge in [-0.1, -0.05) is 36.8 Å². The molecule has 2 heterocycles. The van der Waals surface area contributed by atoms with E-state index in [-0.39, 0.29) is 5.91 Å². The summed E-state index contributed by atoms with van der Waals surface area (Å²) in [5.74, 6) is -0.187. The SMILES string of the molecule is Cc1cc(C(=O)Nc2cccc(CN3CCCCC3)c2)nn1-c1ccccc1. The molecule has 5 heteroatoms. The Morgan fingerprint density at radius 3 is 2.57 bits per heavy atom. The molecule has 5 nitrogen and oxygen atoms in total. The van der Waals surface area contributed by atoms with E-state index in [9.17, 15) is 4.79 Å². The third-order valence-corrected chi connectivity index (χ3v) is 5.16. The number of para-hydroxylation sites is 1. The topological polar surface area (TPSA) is 50.2 Å². The molecular formula is C23H26N4O. The van der Waals surface area contributed by atoms with Gasteiger partial charge in [0.2, 0.25) is 0 Å². The number of carbonyl (C=O) groups is 1. The number of aryl methyl sites for hydroxylation is 1. The first-order chi connectivity index (χ1) is 13.7. The zero-order chi connectivity index (χ0) is 19.3. The van der Waals surface area contributed by atoms with Crippen molar-refractivity contribution in [2.45, 2.75) is 32.7 Å². The average molecular weight is 374 g/mol. The van der Waals surface area contributed by atoms with Gasteiger partial charge in [-0.05, 0) is 68.8 Å². The van der Waals surface area contributed by atoms with Gasteiger partial charge >= 0.3 is 0 Å². The highest BCUT2D eigenvalue weighted by Crippen LogP contribution is 2.18. The van der Waals surface area contributed by atoms with Crippen molar-refractivity contribution in [3.8, 4) is 5.69 Å². The van der Waals surface area contributed by atoms with E-state index < -0.39 is 0 Å². The lowest BCUT2D eigenvalue weighted by molar-refractivity contribution is 0.102. The Hall–Kier alpha value is -2.92. The van der Waals surface area contributed by atoms with Crippen molar-refractivity contribution in [3.63, 3.8) is 0 Å². The summed E-state index contributed by atoms with van der Waals surface area (Å²) in [6.45, 7) is 5.21. The Morgan fingerprint density at radius 1 is 1.00 bits per heavy atom. The molecule has 3 aromatic rings. The van der Waals surface area contributed by atoms with Gasteiger partial charge in [-0.3, -0.25) is 9.69 Å². The summed E-state index contributed by atoms with van der Waals surface area (Å²) >= 11 is 0.